The molecule has 1 aromatic rings. The Morgan fingerprint density at radius 3 is 2.70 bits per heavy atom. The molecule has 27 heavy (non-hydrogen) atoms. The molecule has 1 amide bonds. The number of amides is 1. The van der Waals surface area contributed by atoms with Crippen molar-refractivity contribution in [2.75, 3.05) is 42.8 Å². The van der Waals surface area contributed by atoms with Gasteiger partial charge in [0.05, 0.1) is 11.4 Å². The van der Waals surface area contributed by atoms with Crippen molar-refractivity contribution < 1.29 is 13.2 Å². The van der Waals surface area contributed by atoms with Crippen LogP contribution in [0.25, 0.3) is 0 Å². The summed E-state index contributed by atoms with van der Waals surface area (Å²) in [6, 6.07) is 6.94. The molecule has 0 bridgehead atoms. The van der Waals surface area contributed by atoms with E-state index >= 15 is 0 Å². The number of carbonyl (C=O) groups is 1. The molecule has 1 aromatic carbocycles. The summed E-state index contributed by atoms with van der Waals surface area (Å²) in [4.78, 5) is 14.9. The predicted octanol–water partition coefficient (Wildman–Crippen LogP) is 2.47. The number of benzene rings is 1. The number of rotatable bonds is 6. The smallest absolute Gasteiger partial charge is 0.251 e. The van der Waals surface area contributed by atoms with Crippen molar-refractivity contribution in [3.05, 3.63) is 29.8 Å². The molecule has 0 unspecified atom stereocenters. The van der Waals surface area contributed by atoms with Gasteiger partial charge >= 0.3 is 0 Å². The Morgan fingerprint density at radius 2 is 1.96 bits per heavy atom. The van der Waals surface area contributed by atoms with Gasteiger partial charge in [0.1, 0.15) is 0 Å². The highest BCUT2D eigenvalue weighted by Gasteiger charge is 2.26. The normalized spacial score (nSPS) is 21.1. The summed E-state index contributed by atoms with van der Waals surface area (Å²) < 4.78 is 26.0. The molecule has 2 saturated heterocycles. The number of anilines is 1. The number of likely N-dealkylation sites (tertiary alicyclic amines) is 1. The molecule has 1 N–H and O–H groups in total. The standard InChI is InChI=1S/C20H31N3O3S/c1-17-8-13-22(14-9-17)11-5-10-21-20(24)18-6-4-7-19(16-18)23-12-2-3-15-27(23,25)26/h4,6-7,16-17H,2-3,5,8-15H2,1H3,(H,21,24). The molecule has 3 rings (SSSR count). The molecule has 2 aliphatic rings. The van der Waals surface area contributed by atoms with Crippen molar-refractivity contribution in [2.24, 2.45) is 5.92 Å². The first-order chi connectivity index (χ1) is 13.0. The first kappa shape index (κ1) is 20.1. The fourth-order valence-electron chi connectivity index (χ4n) is 3.77. The lowest BCUT2D eigenvalue weighted by molar-refractivity contribution is 0.0950. The average Bonchev–Trinajstić information content (AvgIpc) is 2.66. The molecule has 2 heterocycles. The van der Waals surface area contributed by atoms with Gasteiger partial charge in [0, 0.05) is 18.7 Å². The quantitative estimate of drug-likeness (QED) is 0.754. The van der Waals surface area contributed by atoms with Crippen molar-refractivity contribution in [3.63, 3.8) is 0 Å². The van der Waals surface area contributed by atoms with Crippen molar-refractivity contribution in [1.29, 1.82) is 0 Å². The fourth-order valence-corrected chi connectivity index (χ4v) is 5.40. The van der Waals surface area contributed by atoms with Gasteiger partial charge in [0.25, 0.3) is 5.91 Å². The summed E-state index contributed by atoms with van der Waals surface area (Å²) in [6.07, 6.45) is 5.01. The van der Waals surface area contributed by atoms with E-state index in [0.29, 0.717) is 30.8 Å². The third-order valence-corrected chi connectivity index (χ3v) is 7.43. The summed E-state index contributed by atoms with van der Waals surface area (Å²) in [7, 11) is -3.26. The summed E-state index contributed by atoms with van der Waals surface area (Å²) in [5, 5.41) is 2.96. The molecule has 7 heteroatoms. The molecule has 6 nitrogen and oxygen atoms in total. The first-order valence-corrected chi connectivity index (χ1v) is 11.7. The molecule has 0 saturated carbocycles. The van der Waals surface area contributed by atoms with Gasteiger partial charge in [-0.3, -0.25) is 9.10 Å². The third kappa shape index (κ3) is 5.45. The van der Waals surface area contributed by atoms with Crippen LogP contribution in [0.3, 0.4) is 0 Å². The van der Waals surface area contributed by atoms with Crippen molar-refractivity contribution in [2.45, 2.75) is 39.0 Å². The van der Waals surface area contributed by atoms with E-state index in [9.17, 15) is 13.2 Å². The highest BCUT2D eigenvalue weighted by atomic mass is 32.2. The number of hydrogen-bond donors (Lipinski definition) is 1. The van der Waals surface area contributed by atoms with E-state index in [1.165, 1.54) is 17.1 Å². The van der Waals surface area contributed by atoms with Crippen LogP contribution in [0.4, 0.5) is 5.69 Å². The van der Waals surface area contributed by atoms with Crippen LogP contribution in [0.2, 0.25) is 0 Å². The van der Waals surface area contributed by atoms with E-state index in [2.05, 4.69) is 17.1 Å². The molecule has 2 fully saturated rings. The maximum absolute atomic E-state index is 12.4. The van der Waals surface area contributed by atoms with Gasteiger partial charge in [-0.15, -0.1) is 0 Å². The predicted molar refractivity (Wildman–Crippen MR) is 109 cm³/mol. The number of nitrogens with zero attached hydrogens (tertiary/aromatic N) is 2. The Bertz CT molecular complexity index is 743. The minimum Gasteiger partial charge on any atom is -0.352 e. The lowest BCUT2D eigenvalue weighted by Crippen LogP contribution is -2.38. The van der Waals surface area contributed by atoms with Crippen LogP contribution in [0, 0.1) is 5.92 Å². The Balaban J connectivity index is 1.50. The number of piperidine rings is 1. The van der Waals surface area contributed by atoms with E-state index in [1.54, 1.807) is 24.3 Å². The van der Waals surface area contributed by atoms with Gasteiger partial charge in [-0.25, -0.2) is 8.42 Å². The fraction of sp³-hybridized carbons (Fsp3) is 0.650. The number of sulfonamides is 1. The van der Waals surface area contributed by atoms with Crippen LogP contribution in [0.5, 0.6) is 0 Å². The largest absolute Gasteiger partial charge is 0.352 e. The van der Waals surface area contributed by atoms with Gasteiger partial charge in [-0.05, 0) is 75.9 Å². The summed E-state index contributed by atoms with van der Waals surface area (Å²) in [5.41, 5.74) is 1.10. The number of carbonyl (C=O) groups excluding carboxylic acids is 1. The molecule has 150 valence electrons. The van der Waals surface area contributed by atoms with Gasteiger partial charge < -0.3 is 10.2 Å². The van der Waals surface area contributed by atoms with Gasteiger partial charge in [-0.1, -0.05) is 13.0 Å². The molecule has 0 radical (unpaired) electrons. The molecule has 0 atom stereocenters. The minimum atomic E-state index is -3.26. The molecule has 0 aliphatic carbocycles. The van der Waals surface area contributed by atoms with E-state index in [1.807, 2.05) is 0 Å². The van der Waals surface area contributed by atoms with Crippen LogP contribution in [-0.2, 0) is 10.0 Å². The van der Waals surface area contributed by atoms with Crippen molar-refractivity contribution in [3.8, 4) is 0 Å². The number of hydrogen-bond acceptors (Lipinski definition) is 4. The Labute approximate surface area is 163 Å². The van der Waals surface area contributed by atoms with E-state index in [0.717, 1.165) is 38.4 Å². The van der Waals surface area contributed by atoms with Gasteiger partial charge in [-0.2, -0.15) is 0 Å². The Kier molecular flexibility index (Phi) is 6.76. The van der Waals surface area contributed by atoms with Crippen LogP contribution < -0.4 is 9.62 Å². The molecule has 0 aromatic heterocycles. The molecule has 2 aliphatic heterocycles. The van der Waals surface area contributed by atoms with E-state index in [4.69, 9.17) is 0 Å². The van der Waals surface area contributed by atoms with Crippen molar-refractivity contribution in [1.82, 2.24) is 10.2 Å². The van der Waals surface area contributed by atoms with Gasteiger partial charge in [0.15, 0.2) is 0 Å². The van der Waals surface area contributed by atoms with Crippen LogP contribution >= 0.6 is 0 Å². The number of nitrogens with one attached hydrogen (secondary N) is 1. The second-order valence-electron chi connectivity index (χ2n) is 7.78. The van der Waals surface area contributed by atoms with E-state index < -0.39 is 10.0 Å². The van der Waals surface area contributed by atoms with Crippen molar-refractivity contribution >= 4 is 21.6 Å². The van der Waals surface area contributed by atoms with Crippen LogP contribution in [0.1, 0.15) is 49.4 Å². The second kappa shape index (κ2) is 9.06. The molecule has 0 spiro atoms. The van der Waals surface area contributed by atoms with Crippen LogP contribution in [-0.4, -0.2) is 57.7 Å². The lowest BCUT2D eigenvalue weighted by atomic mass is 9.99. The van der Waals surface area contributed by atoms with Gasteiger partial charge in [0.2, 0.25) is 10.0 Å². The highest BCUT2D eigenvalue weighted by molar-refractivity contribution is 7.92. The zero-order valence-electron chi connectivity index (χ0n) is 16.2. The maximum atomic E-state index is 12.4. The SMILES string of the molecule is CC1CCN(CCCNC(=O)c2cccc(N3CCCCS3(=O)=O)c2)CC1. The Hall–Kier alpha value is -1.60. The summed E-state index contributed by atoms with van der Waals surface area (Å²) in [6.45, 7) is 6.75. The summed E-state index contributed by atoms with van der Waals surface area (Å²) in [5.74, 6) is 0.870. The highest BCUT2D eigenvalue weighted by Crippen LogP contribution is 2.24. The summed E-state index contributed by atoms with van der Waals surface area (Å²) >= 11 is 0. The van der Waals surface area contributed by atoms with E-state index in [-0.39, 0.29) is 11.7 Å². The minimum absolute atomic E-state index is 0.140. The van der Waals surface area contributed by atoms with Crippen LogP contribution in [0.15, 0.2) is 24.3 Å². The maximum Gasteiger partial charge on any atom is 0.251 e. The molecular weight excluding hydrogens is 362 g/mol. The second-order valence-corrected chi connectivity index (χ2v) is 9.79. The average molecular weight is 394 g/mol. The zero-order valence-corrected chi connectivity index (χ0v) is 17.0. The lowest BCUT2D eigenvalue weighted by Gasteiger charge is -2.30. The Morgan fingerprint density at radius 1 is 1.19 bits per heavy atom. The third-order valence-electron chi connectivity index (χ3n) is 5.56. The zero-order chi connectivity index (χ0) is 19.3. The monoisotopic (exact) mass is 393 g/mol. The first-order valence-electron chi connectivity index (χ1n) is 10.1. The topological polar surface area (TPSA) is 69.7 Å². The molecular formula is C20H31N3O3S.